The molecule has 3 aromatic carbocycles. The molecular weight excluding hydrogens is 419 g/mol. The van der Waals surface area contributed by atoms with Crippen molar-refractivity contribution in [2.24, 2.45) is 0 Å². The Morgan fingerprint density at radius 3 is 1.84 bits per heavy atom. The third-order valence-electron chi connectivity index (χ3n) is 4.52. The lowest BCUT2D eigenvalue weighted by molar-refractivity contribution is 0.691. The van der Waals surface area contributed by atoms with Crippen molar-refractivity contribution >= 4 is 22.6 Å². The van der Waals surface area contributed by atoms with Gasteiger partial charge < -0.3 is 4.98 Å². The van der Waals surface area contributed by atoms with E-state index in [2.05, 4.69) is 117 Å². The van der Waals surface area contributed by atoms with Gasteiger partial charge in [0.25, 0.3) is 0 Å². The molecule has 4 rings (SSSR count). The smallest absolute Gasteiger partial charge is 0.125 e. The average molecular weight is 436 g/mol. The molecule has 1 N–H and O–H groups in total. The highest BCUT2D eigenvalue weighted by Gasteiger charge is 2.40. The summed E-state index contributed by atoms with van der Waals surface area (Å²) in [5, 5.41) is 0. The number of H-pyrrole nitrogens is 1. The number of rotatable bonds is 4. The fourth-order valence-corrected chi connectivity index (χ4v) is 4.02. The number of hydrogen-bond donors (Lipinski definition) is 1. The van der Waals surface area contributed by atoms with Gasteiger partial charge in [0.05, 0.1) is 0 Å². The minimum Gasteiger partial charge on any atom is -0.347 e. The molecule has 3 heteroatoms. The number of nitrogens with zero attached hydrogens (tertiary/aromatic N) is 1. The maximum atomic E-state index is 4.69. The molecule has 0 spiro atoms. The summed E-state index contributed by atoms with van der Waals surface area (Å²) < 4.78 is 1.21. The van der Waals surface area contributed by atoms with Gasteiger partial charge >= 0.3 is 0 Å². The van der Waals surface area contributed by atoms with Crippen molar-refractivity contribution in [1.29, 1.82) is 0 Å². The van der Waals surface area contributed by atoms with Gasteiger partial charge in [0.1, 0.15) is 11.2 Å². The van der Waals surface area contributed by atoms with E-state index in [4.69, 9.17) is 0 Å². The Hall–Kier alpha value is -2.40. The summed E-state index contributed by atoms with van der Waals surface area (Å²) in [6.45, 7) is 0. The van der Waals surface area contributed by atoms with Gasteiger partial charge in [-0.05, 0) is 51.4 Å². The molecule has 1 heterocycles. The number of nitrogens with one attached hydrogen (secondary N) is 1. The van der Waals surface area contributed by atoms with Gasteiger partial charge in [-0.2, -0.15) is 0 Å². The lowest BCUT2D eigenvalue weighted by atomic mass is 9.69. The van der Waals surface area contributed by atoms with Crippen LogP contribution in [0.15, 0.2) is 97.3 Å². The Kier molecular flexibility index (Phi) is 4.40. The lowest BCUT2D eigenvalue weighted by Gasteiger charge is -2.34. The molecule has 0 aliphatic carbocycles. The molecule has 4 aromatic rings. The van der Waals surface area contributed by atoms with E-state index in [1.54, 1.807) is 0 Å². The standard InChI is InChI=1S/C22H17IN2/c23-20-13-7-12-19(16-20)22(21-24-14-15-25-21,17-8-3-1-4-9-17)18-10-5-2-6-11-18/h1-16H,(H,24,25). The maximum Gasteiger partial charge on any atom is 0.125 e. The highest BCUT2D eigenvalue weighted by Crippen LogP contribution is 2.43. The Bertz CT molecular complexity index is 908. The van der Waals surface area contributed by atoms with Crippen molar-refractivity contribution in [3.63, 3.8) is 0 Å². The summed E-state index contributed by atoms with van der Waals surface area (Å²) in [6.07, 6.45) is 3.72. The van der Waals surface area contributed by atoms with Crippen LogP contribution in [0, 0.1) is 3.57 Å². The second kappa shape index (κ2) is 6.84. The Balaban J connectivity index is 2.13. The molecule has 0 aliphatic rings. The van der Waals surface area contributed by atoms with Crippen LogP contribution in [0.2, 0.25) is 0 Å². The van der Waals surface area contributed by atoms with Gasteiger partial charge in [-0.3, -0.25) is 0 Å². The number of imidazole rings is 1. The molecule has 0 radical (unpaired) electrons. The van der Waals surface area contributed by atoms with Gasteiger partial charge in [0, 0.05) is 16.0 Å². The monoisotopic (exact) mass is 436 g/mol. The fourth-order valence-electron chi connectivity index (χ4n) is 3.48. The van der Waals surface area contributed by atoms with E-state index in [0.29, 0.717) is 0 Å². The van der Waals surface area contributed by atoms with Crippen molar-refractivity contribution in [1.82, 2.24) is 9.97 Å². The third-order valence-corrected chi connectivity index (χ3v) is 5.20. The van der Waals surface area contributed by atoms with E-state index in [1.165, 1.54) is 20.3 Å². The summed E-state index contributed by atoms with van der Waals surface area (Å²) in [4.78, 5) is 8.07. The number of aromatic amines is 1. The van der Waals surface area contributed by atoms with Crippen molar-refractivity contribution < 1.29 is 0 Å². The summed E-state index contributed by atoms with van der Waals surface area (Å²) in [7, 11) is 0. The number of aromatic nitrogens is 2. The van der Waals surface area contributed by atoms with Crippen LogP contribution in [0.1, 0.15) is 22.5 Å². The molecule has 2 nitrogen and oxygen atoms in total. The topological polar surface area (TPSA) is 28.7 Å². The van der Waals surface area contributed by atoms with E-state index in [0.717, 1.165) is 5.82 Å². The van der Waals surface area contributed by atoms with Crippen LogP contribution in [-0.2, 0) is 5.41 Å². The van der Waals surface area contributed by atoms with E-state index in [1.807, 2.05) is 12.4 Å². The van der Waals surface area contributed by atoms with Gasteiger partial charge in [-0.15, -0.1) is 0 Å². The highest BCUT2D eigenvalue weighted by atomic mass is 127. The van der Waals surface area contributed by atoms with Gasteiger partial charge in [-0.25, -0.2) is 4.98 Å². The first kappa shape index (κ1) is 16.1. The first-order valence-corrected chi connectivity index (χ1v) is 9.26. The molecule has 0 unspecified atom stereocenters. The molecule has 25 heavy (non-hydrogen) atoms. The summed E-state index contributed by atoms with van der Waals surface area (Å²) in [5.41, 5.74) is 3.11. The summed E-state index contributed by atoms with van der Waals surface area (Å²) >= 11 is 2.37. The van der Waals surface area contributed by atoms with Crippen LogP contribution in [0.4, 0.5) is 0 Å². The summed E-state index contributed by atoms with van der Waals surface area (Å²) in [6, 6.07) is 29.8. The zero-order valence-corrected chi connectivity index (χ0v) is 15.7. The molecule has 1 aromatic heterocycles. The molecule has 0 atom stereocenters. The molecule has 0 saturated heterocycles. The molecule has 0 fully saturated rings. The van der Waals surface area contributed by atoms with E-state index < -0.39 is 5.41 Å². The lowest BCUT2D eigenvalue weighted by Crippen LogP contribution is -2.32. The third kappa shape index (κ3) is 2.78. The number of benzene rings is 3. The van der Waals surface area contributed by atoms with Gasteiger partial charge in [-0.1, -0.05) is 72.8 Å². The quantitative estimate of drug-likeness (QED) is 0.337. The Morgan fingerprint density at radius 1 is 0.720 bits per heavy atom. The molecule has 0 amide bonds. The minimum atomic E-state index is -0.479. The zero-order chi connectivity index (χ0) is 17.1. The Labute approximate surface area is 161 Å². The van der Waals surface area contributed by atoms with Crippen molar-refractivity contribution in [3.8, 4) is 0 Å². The molecule has 0 bridgehead atoms. The van der Waals surface area contributed by atoms with E-state index in [9.17, 15) is 0 Å². The number of halogens is 1. The predicted molar refractivity (Wildman–Crippen MR) is 110 cm³/mol. The van der Waals surface area contributed by atoms with Crippen LogP contribution >= 0.6 is 22.6 Å². The van der Waals surface area contributed by atoms with E-state index in [-0.39, 0.29) is 0 Å². The SMILES string of the molecule is Ic1cccc(C(c2ccccc2)(c2ccccc2)c2ncc[nH]2)c1. The zero-order valence-electron chi connectivity index (χ0n) is 13.6. The normalized spacial score (nSPS) is 11.4. The molecule has 0 saturated carbocycles. The van der Waals surface area contributed by atoms with Crippen molar-refractivity contribution in [2.75, 3.05) is 0 Å². The number of hydrogen-bond acceptors (Lipinski definition) is 1. The van der Waals surface area contributed by atoms with Crippen molar-refractivity contribution in [2.45, 2.75) is 5.41 Å². The highest BCUT2D eigenvalue weighted by molar-refractivity contribution is 14.1. The predicted octanol–water partition coefficient (Wildman–Crippen LogP) is 5.40. The molecule has 122 valence electrons. The maximum absolute atomic E-state index is 4.69. The average Bonchev–Trinajstić information content (AvgIpc) is 3.19. The first-order valence-electron chi connectivity index (χ1n) is 8.19. The van der Waals surface area contributed by atoms with E-state index >= 15 is 0 Å². The fraction of sp³-hybridized carbons (Fsp3) is 0.0455. The summed E-state index contributed by atoms with van der Waals surface area (Å²) in [5.74, 6) is 0.923. The second-order valence-electron chi connectivity index (χ2n) is 5.93. The van der Waals surface area contributed by atoms with Gasteiger partial charge in [0.2, 0.25) is 0 Å². The second-order valence-corrected chi connectivity index (χ2v) is 7.18. The Morgan fingerprint density at radius 2 is 1.32 bits per heavy atom. The largest absolute Gasteiger partial charge is 0.347 e. The minimum absolute atomic E-state index is 0.479. The van der Waals surface area contributed by atoms with Crippen molar-refractivity contribution in [3.05, 3.63) is 123 Å². The molecular formula is C22H17IN2. The first-order chi connectivity index (χ1) is 12.3. The van der Waals surface area contributed by atoms with Gasteiger partial charge in [0.15, 0.2) is 0 Å². The molecule has 0 aliphatic heterocycles. The van der Waals surface area contributed by atoms with Crippen LogP contribution in [0.5, 0.6) is 0 Å². The van der Waals surface area contributed by atoms with Crippen LogP contribution in [-0.4, -0.2) is 9.97 Å². The van der Waals surface area contributed by atoms with Crippen LogP contribution in [0.3, 0.4) is 0 Å². The van der Waals surface area contributed by atoms with Crippen LogP contribution in [0.25, 0.3) is 0 Å². The van der Waals surface area contributed by atoms with Crippen LogP contribution < -0.4 is 0 Å².